The average molecular weight is 398 g/mol. The molecular weight excluding hydrogens is 376 g/mol. The first-order valence-corrected chi connectivity index (χ1v) is 10.3. The van der Waals surface area contributed by atoms with Gasteiger partial charge < -0.3 is 9.80 Å². The number of benzene rings is 2. The summed E-state index contributed by atoms with van der Waals surface area (Å²) in [4.78, 5) is 16.8. The summed E-state index contributed by atoms with van der Waals surface area (Å²) in [6.45, 7) is 2.35. The highest BCUT2D eigenvalue weighted by Crippen LogP contribution is 2.22. The number of carbonyl (C=O) groups excluding carboxylic acids is 1. The van der Waals surface area contributed by atoms with Crippen LogP contribution in [0.2, 0.25) is 0 Å². The number of carbonyl (C=O) groups is 1. The minimum atomic E-state index is -3.51. The number of sulfonamides is 1. The number of anilines is 1. The lowest BCUT2D eigenvalue weighted by atomic mass is 10.1. The Hall–Kier alpha value is -2.89. The van der Waals surface area contributed by atoms with E-state index in [2.05, 4.69) is 11.0 Å². The molecule has 8 heteroatoms. The van der Waals surface area contributed by atoms with E-state index < -0.39 is 10.0 Å². The first-order chi connectivity index (χ1) is 13.3. The van der Waals surface area contributed by atoms with Gasteiger partial charge in [0.05, 0.1) is 16.1 Å². The van der Waals surface area contributed by atoms with Crippen molar-refractivity contribution < 1.29 is 13.2 Å². The molecule has 0 unspecified atom stereocenters. The average Bonchev–Trinajstić information content (AvgIpc) is 2.73. The molecule has 7 nitrogen and oxygen atoms in total. The number of amides is 1. The van der Waals surface area contributed by atoms with Crippen molar-refractivity contribution in [2.24, 2.45) is 0 Å². The van der Waals surface area contributed by atoms with Gasteiger partial charge in [-0.25, -0.2) is 12.7 Å². The Kier molecular flexibility index (Phi) is 5.68. The van der Waals surface area contributed by atoms with E-state index in [-0.39, 0.29) is 10.8 Å². The molecule has 1 aliphatic heterocycles. The standard InChI is InChI=1S/C20H22N4O3S/c1-22(2)28(26,27)18-9-7-16(8-10-18)20(25)24-13-11-23(12-14-24)19-6-4-3-5-17(19)15-21/h3-10H,11-14H2,1-2H3. The van der Waals surface area contributed by atoms with E-state index in [1.54, 1.807) is 23.1 Å². The summed E-state index contributed by atoms with van der Waals surface area (Å²) < 4.78 is 25.4. The molecule has 28 heavy (non-hydrogen) atoms. The van der Waals surface area contributed by atoms with Crippen LogP contribution in [0.25, 0.3) is 0 Å². The molecule has 0 aromatic heterocycles. The van der Waals surface area contributed by atoms with Crippen LogP contribution < -0.4 is 4.90 Å². The van der Waals surface area contributed by atoms with Gasteiger partial charge in [0.2, 0.25) is 10.0 Å². The minimum Gasteiger partial charge on any atom is -0.367 e. The molecule has 2 aromatic carbocycles. The van der Waals surface area contributed by atoms with Gasteiger partial charge in [-0.2, -0.15) is 5.26 Å². The molecule has 0 spiro atoms. The van der Waals surface area contributed by atoms with Crippen LogP contribution in [0.1, 0.15) is 15.9 Å². The molecule has 1 heterocycles. The molecule has 1 saturated heterocycles. The van der Waals surface area contributed by atoms with E-state index in [0.717, 1.165) is 9.99 Å². The van der Waals surface area contributed by atoms with Crippen molar-refractivity contribution >= 4 is 21.6 Å². The molecule has 0 radical (unpaired) electrons. The van der Waals surface area contributed by atoms with Crippen LogP contribution in [0.4, 0.5) is 5.69 Å². The van der Waals surface area contributed by atoms with Crippen molar-refractivity contribution in [3.05, 3.63) is 59.7 Å². The van der Waals surface area contributed by atoms with Crippen molar-refractivity contribution in [3.63, 3.8) is 0 Å². The zero-order valence-electron chi connectivity index (χ0n) is 15.9. The Morgan fingerprint density at radius 2 is 1.61 bits per heavy atom. The van der Waals surface area contributed by atoms with E-state index in [1.807, 2.05) is 18.2 Å². The van der Waals surface area contributed by atoms with Gasteiger partial charge in [0.25, 0.3) is 5.91 Å². The van der Waals surface area contributed by atoms with Crippen molar-refractivity contribution in [1.82, 2.24) is 9.21 Å². The van der Waals surface area contributed by atoms with Crippen LogP contribution in [0.3, 0.4) is 0 Å². The predicted octanol–water partition coefficient (Wildman–Crippen LogP) is 1.77. The van der Waals surface area contributed by atoms with E-state index in [9.17, 15) is 18.5 Å². The summed E-state index contributed by atoms with van der Waals surface area (Å²) in [6.07, 6.45) is 0. The summed E-state index contributed by atoms with van der Waals surface area (Å²) in [5.41, 5.74) is 1.97. The molecule has 0 aliphatic carbocycles. The zero-order chi connectivity index (χ0) is 20.3. The van der Waals surface area contributed by atoms with Crippen LogP contribution >= 0.6 is 0 Å². The topological polar surface area (TPSA) is 84.7 Å². The molecule has 1 fully saturated rings. The zero-order valence-corrected chi connectivity index (χ0v) is 16.7. The van der Waals surface area contributed by atoms with Crippen molar-refractivity contribution in [1.29, 1.82) is 5.26 Å². The summed E-state index contributed by atoms with van der Waals surface area (Å²) in [6, 6.07) is 15.7. The third kappa shape index (κ3) is 3.86. The lowest BCUT2D eigenvalue weighted by Gasteiger charge is -2.36. The van der Waals surface area contributed by atoms with Gasteiger partial charge in [-0.05, 0) is 36.4 Å². The van der Waals surface area contributed by atoms with Crippen LogP contribution in [-0.2, 0) is 10.0 Å². The largest absolute Gasteiger partial charge is 0.367 e. The number of hydrogen-bond acceptors (Lipinski definition) is 5. The molecule has 0 bridgehead atoms. The quantitative estimate of drug-likeness (QED) is 0.784. The first-order valence-electron chi connectivity index (χ1n) is 8.90. The van der Waals surface area contributed by atoms with Gasteiger partial charge in [-0.3, -0.25) is 4.79 Å². The van der Waals surface area contributed by atoms with Gasteiger partial charge in [-0.1, -0.05) is 12.1 Å². The van der Waals surface area contributed by atoms with E-state index in [4.69, 9.17) is 0 Å². The molecule has 1 amide bonds. The van der Waals surface area contributed by atoms with E-state index >= 15 is 0 Å². The third-order valence-corrected chi connectivity index (χ3v) is 6.64. The highest BCUT2D eigenvalue weighted by molar-refractivity contribution is 7.89. The van der Waals surface area contributed by atoms with Crippen LogP contribution in [0.5, 0.6) is 0 Å². The number of rotatable bonds is 4. The predicted molar refractivity (Wildman–Crippen MR) is 107 cm³/mol. The number of para-hydroxylation sites is 1. The monoisotopic (exact) mass is 398 g/mol. The fourth-order valence-electron chi connectivity index (χ4n) is 3.16. The van der Waals surface area contributed by atoms with Crippen LogP contribution in [0, 0.1) is 11.3 Å². The lowest BCUT2D eigenvalue weighted by molar-refractivity contribution is 0.0746. The smallest absolute Gasteiger partial charge is 0.253 e. The molecule has 0 N–H and O–H groups in total. The normalized spacial score (nSPS) is 14.8. The third-order valence-electron chi connectivity index (χ3n) is 4.81. The second-order valence-corrected chi connectivity index (χ2v) is 8.87. The molecule has 3 rings (SSSR count). The Morgan fingerprint density at radius 1 is 1.00 bits per heavy atom. The maximum Gasteiger partial charge on any atom is 0.253 e. The summed E-state index contributed by atoms with van der Waals surface area (Å²) in [5.74, 6) is -0.123. The number of hydrogen-bond donors (Lipinski definition) is 0. The Morgan fingerprint density at radius 3 is 2.18 bits per heavy atom. The number of piperazine rings is 1. The van der Waals surface area contributed by atoms with Crippen LogP contribution in [-0.4, -0.2) is 63.8 Å². The molecular formula is C20H22N4O3S. The minimum absolute atomic E-state index is 0.123. The maximum absolute atomic E-state index is 12.8. The second-order valence-electron chi connectivity index (χ2n) is 6.72. The van der Waals surface area contributed by atoms with E-state index in [1.165, 1.54) is 26.2 Å². The molecule has 1 aliphatic rings. The molecule has 0 saturated carbocycles. The second kappa shape index (κ2) is 8.00. The molecule has 0 atom stereocenters. The molecule has 2 aromatic rings. The maximum atomic E-state index is 12.8. The summed E-state index contributed by atoms with van der Waals surface area (Å²) >= 11 is 0. The van der Waals surface area contributed by atoms with Gasteiger partial charge in [0, 0.05) is 45.8 Å². The highest BCUT2D eigenvalue weighted by Gasteiger charge is 2.24. The highest BCUT2D eigenvalue weighted by atomic mass is 32.2. The van der Waals surface area contributed by atoms with Crippen LogP contribution in [0.15, 0.2) is 53.4 Å². The summed E-state index contributed by atoms with van der Waals surface area (Å²) in [7, 11) is -0.572. The van der Waals surface area contributed by atoms with Crippen molar-refractivity contribution in [2.45, 2.75) is 4.90 Å². The van der Waals surface area contributed by atoms with Gasteiger partial charge in [0.15, 0.2) is 0 Å². The van der Waals surface area contributed by atoms with Crippen molar-refractivity contribution in [3.8, 4) is 6.07 Å². The first kappa shape index (κ1) is 19.9. The SMILES string of the molecule is CN(C)S(=O)(=O)c1ccc(C(=O)N2CCN(c3ccccc3C#N)CC2)cc1. The van der Waals surface area contributed by atoms with Crippen molar-refractivity contribution in [2.75, 3.05) is 45.2 Å². The summed E-state index contributed by atoms with van der Waals surface area (Å²) in [5, 5.41) is 9.26. The number of nitriles is 1. The Balaban J connectivity index is 1.68. The van der Waals surface area contributed by atoms with E-state index in [0.29, 0.717) is 37.3 Å². The van der Waals surface area contributed by atoms with Gasteiger partial charge in [-0.15, -0.1) is 0 Å². The van der Waals surface area contributed by atoms with Gasteiger partial charge >= 0.3 is 0 Å². The van der Waals surface area contributed by atoms with Gasteiger partial charge in [0.1, 0.15) is 6.07 Å². The Bertz CT molecular complexity index is 1000. The Labute approximate surface area is 165 Å². The molecule has 146 valence electrons. The lowest BCUT2D eigenvalue weighted by Crippen LogP contribution is -2.49. The fourth-order valence-corrected chi connectivity index (χ4v) is 4.06. The number of nitrogens with zero attached hydrogens (tertiary/aromatic N) is 4. The fraction of sp³-hybridized carbons (Fsp3) is 0.300.